The Morgan fingerprint density at radius 1 is 0.867 bits per heavy atom. The van der Waals surface area contributed by atoms with Crippen LogP contribution in [0.1, 0.15) is 92.9 Å². The van der Waals surface area contributed by atoms with Gasteiger partial charge in [0.1, 0.15) is 18.3 Å². The summed E-state index contributed by atoms with van der Waals surface area (Å²) in [6, 6.07) is 0. The zero-order valence-electron chi connectivity index (χ0n) is 27.8. The van der Waals surface area contributed by atoms with Crippen molar-refractivity contribution in [3.63, 3.8) is 0 Å². The molecule has 10 heteroatoms. The minimum absolute atomic E-state index is 0.0341. The summed E-state index contributed by atoms with van der Waals surface area (Å²) in [6.45, 7) is 12.6. The van der Waals surface area contributed by atoms with Crippen LogP contribution in [0, 0.1) is 50.2 Å². The standard InChI is InChI=1S/C35H56O10/c1-30(2)9-11-35(17-36)12-10-32(4)18(19(35)13-30)7-8-23-31(3)14-21(38)27(42)34(6,26(31)20(37)15-33(23,32)5)29(43)45-28-25(41)24(40)22(39)16-44-28/h7,19-28,36-42H,8-17H2,1-6H3/t19-,20+,21-,22+,23-,24+,25-,26-,27-,28-,31+,32+,33+,34-,35+/m0/s1. The van der Waals surface area contributed by atoms with Crippen LogP contribution in [-0.4, -0.2) is 97.8 Å². The van der Waals surface area contributed by atoms with Gasteiger partial charge in [-0.3, -0.25) is 4.79 Å². The van der Waals surface area contributed by atoms with Crippen LogP contribution in [0.15, 0.2) is 11.6 Å². The van der Waals surface area contributed by atoms with Crippen LogP contribution >= 0.6 is 0 Å². The van der Waals surface area contributed by atoms with E-state index in [1.54, 1.807) is 0 Å². The van der Waals surface area contributed by atoms with Crippen LogP contribution in [0.25, 0.3) is 0 Å². The maximum atomic E-state index is 14.1. The summed E-state index contributed by atoms with van der Waals surface area (Å²) in [7, 11) is 0. The lowest BCUT2D eigenvalue weighted by molar-refractivity contribution is -0.291. The molecule has 0 aromatic heterocycles. The average Bonchev–Trinajstić information content (AvgIpc) is 2.96. The summed E-state index contributed by atoms with van der Waals surface area (Å²) in [6.07, 6.45) is -1.49. The normalized spacial score (nSPS) is 55.7. The van der Waals surface area contributed by atoms with E-state index in [2.05, 4.69) is 33.8 Å². The van der Waals surface area contributed by atoms with E-state index in [-0.39, 0.29) is 53.1 Å². The lowest BCUT2D eigenvalue weighted by Gasteiger charge is -2.72. The SMILES string of the molecule is CC1(C)CC[C@]2(CO)CC[C@]3(C)C(=CC[C@H]4[C@@]5(C)C[C@H](O)[C@H](O)[C@@](C)(C(=O)O[C@@H]6OC[C@@H](O)[C@@H](O)[C@@H]6O)[C@H]5[C@H](O)C[C@]43C)[C@@H]2C1. The number of carbonyl (C=O) groups excluding carboxylic acids is 1. The molecule has 0 radical (unpaired) electrons. The molecule has 4 saturated carbocycles. The molecule has 0 amide bonds. The van der Waals surface area contributed by atoms with E-state index < -0.39 is 65.6 Å². The molecule has 15 atom stereocenters. The van der Waals surface area contributed by atoms with Crippen LogP contribution in [0.4, 0.5) is 0 Å². The monoisotopic (exact) mass is 636 g/mol. The van der Waals surface area contributed by atoms with E-state index in [1.165, 1.54) is 12.5 Å². The van der Waals surface area contributed by atoms with Crippen LogP contribution in [-0.2, 0) is 14.3 Å². The fraction of sp³-hybridized carbons (Fsp3) is 0.914. The van der Waals surface area contributed by atoms with Gasteiger partial charge in [-0.05, 0) is 91.8 Å². The lowest BCUT2D eigenvalue weighted by atomic mass is 9.33. The molecule has 6 rings (SSSR count). The topological polar surface area (TPSA) is 177 Å². The second-order valence-electron chi connectivity index (χ2n) is 17.5. The zero-order valence-corrected chi connectivity index (χ0v) is 27.8. The predicted molar refractivity (Wildman–Crippen MR) is 163 cm³/mol. The Morgan fingerprint density at radius 2 is 1.53 bits per heavy atom. The van der Waals surface area contributed by atoms with E-state index in [0.29, 0.717) is 12.8 Å². The summed E-state index contributed by atoms with van der Waals surface area (Å²) >= 11 is 0. The highest BCUT2D eigenvalue weighted by Crippen LogP contribution is 2.75. The van der Waals surface area contributed by atoms with Crippen molar-refractivity contribution in [1.29, 1.82) is 0 Å². The van der Waals surface area contributed by atoms with Gasteiger partial charge in [0, 0.05) is 17.9 Å². The van der Waals surface area contributed by atoms with Gasteiger partial charge in [-0.15, -0.1) is 0 Å². The Labute approximate surface area is 266 Å². The Hall–Kier alpha value is -1.11. The van der Waals surface area contributed by atoms with Crippen molar-refractivity contribution in [2.45, 2.75) is 136 Å². The highest BCUT2D eigenvalue weighted by atomic mass is 16.7. The largest absolute Gasteiger partial charge is 0.432 e. The average molecular weight is 637 g/mol. The molecule has 5 fully saturated rings. The summed E-state index contributed by atoms with van der Waals surface area (Å²) < 4.78 is 10.9. The van der Waals surface area contributed by atoms with E-state index in [9.17, 15) is 40.5 Å². The molecule has 0 spiro atoms. The third-order valence-electron chi connectivity index (χ3n) is 14.8. The maximum absolute atomic E-state index is 14.1. The summed E-state index contributed by atoms with van der Waals surface area (Å²) in [5.74, 6) is -1.50. The van der Waals surface area contributed by atoms with E-state index in [0.717, 1.165) is 32.1 Å². The Balaban J connectivity index is 1.38. The number of carbonyl (C=O) groups is 1. The predicted octanol–water partition coefficient (Wildman–Crippen LogP) is 2.05. The van der Waals surface area contributed by atoms with Gasteiger partial charge in [0.15, 0.2) is 0 Å². The van der Waals surface area contributed by atoms with E-state index in [1.807, 2.05) is 6.92 Å². The molecule has 256 valence electrons. The molecule has 1 heterocycles. The molecular weight excluding hydrogens is 580 g/mol. The Bertz CT molecular complexity index is 1220. The Kier molecular flexibility index (Phi) is 8.03. The number of allylic oxidation sites excluding steroid dienone is 2. The molecule has 5 aliphatic carbocycles. The zero-order chi connectivity index (χ0) is 33.1. The molecule has 1 saturated heterocycles. The second-order valence-corrected chi connectivity index (χ2v) is 17.5. The van der Waals surface area contributed by atoms with Crippen LogP contribution in [0.2, 0.25) is 0 Å². The number of ether oxygens (including phenoxy) is 2. The molecule has 0 unspecified atom stereocenters. The highest BCUT2D eigenvalue weighted by Gasteiger charge is 2.73. The highest BCUT2D eigenvalue weighted by molar-refractivity contribution is 5.78. The van der Waals surface area contributed by atoms with Crippen LogP contribution in [0.5, 0.6) is 0 Å². The number of rotatable bonds is 3. The second kappa shape index (κ2) is 10.7. The molecule has 0 aromatic carbocycles. The van der Waals surface area contributed by atoms with E-state index in [4.69, 9.17) is 9.47 Å². The maximum Gasteiger partial charge on any atom is 0.317 e. The van der Waals surface area contributed by atoms with Gasteiger partial charge in [-0.1, -0.05) is 46.3 Å². The van der Waals surface area contributed by atoms with Gasteiger partial charge in [-0.2, -0.15) is 0 Å². The minimum atomic E-state index is -1.76. The Morgan fingerprint density at radius 3 is 2.20 bits per heavy atom. The molecule has 1 aliphatic heterocycles. The first-order chi connectivity index (χ1) is 20.8. The van der Waals surface area contributed by atoms with Crippen molar-refractivity contribution < 1.29 is 50.0 Å². The quantitative estimate of drug-likeness (QED) is 0.179. The summed E-state index contributed by atoms with van der Waals surface area (Å²) in [5.41, 5.74) is -1.76. The molecule has 10 nitrogen and oxygen atoms in total. The lowest BCUT2D eigenvalue weighted by Crippen LogP contribution is -2.72. The van der Waals surface area contributed by atoms with Crippen molar-refractivity contribution in [3.05, 3.63) is 11.6 Å². The fourth-order valence-corrected chi connectivity index (χ4v) is 12.0. The van der Waals surface area contributed by atoms with Crippen LogP contribution < -0.4 is 0 Å². The van der Waals surface area contributed by atoms with Crippen LogP contribution in [0.3, 0.4) is 0 Å². The van der Waals surface area contributed by atoms with Gasteiger partial charge >= 0.3 is 5.97 Å². The fourth-order valence-electron chi connectivity index (χ4n) is 12.0. The van der Waals surface area contributed by atoms with Crippen molar-refractivity contribution in [2.75, 3.05) is 13.2 Å². The van der Waals surface area contributed by atoms with Gasteiger partial charge in [-0.25, -0.2) is 0 Å². The molecular formula is C35H56O10. The van der Waals surface area contributed by atoms with Crippen molar-refractivity contribution in [1.82, 2.24) is 0 Å². The smallest absolute Gasteiger partial charge is 0.317 e. The minimum Gasteiger partial charge on any atom is -0.432 e. The molecule has 0 aromatic rings. The molecule has 6 aliphatic rings. The first-order valence-electron chi connectivity index (χ1n) is 17.0. The van der Waals surface area contributed by atoms with Gasteiger partial charge in [0.05, 0.1) is 30.3 Å². The summed E-state index contributed by atoms with van der Waals surface area (Å²) in [5, 5.41) is 76.3. The van der Waals surface area contributed by atoms with Crippen molar-refractivity contribution in [2.24, 2.45) is 50.2 Å². The molecule has 7 N–H and O–H groups in total. The summed E-state index contributed by atoms with van der Waals surface area (Å²) in [4.78, 5) is 14.1. The first-order valence-corrected chi connectivity index (χ1v) is 17.0. The van der Waals surface area contributed by atoms with Gasteiger partial charge in [0.2, 0.25) is 6.29 Å². The molecule has 0 bridgehead atoms. The number of hydrogen-bond donors (Lipinski definition) is 7. The van der Waals surface area contributed by atoms with Crippen molar-refractivity contribution >= 4 is 5.97 Å². The van der Waals surface area contributed by atoms with E-state index >= 15 is 0 Å². The third kappa shape index (κ3) is 4.52. The number of aliphatic hydroxyl groups excluding tert-OH is 7. The van der Waals surface area contributed by atoms with Gasteiger partial charge in [0.25, 0.3) is 0 Å². The number of fused-ring (bicyclic) bond motifs is 7. The first kappa shape index (κ1) is 33.8. The van der Waals surface area contributed by atoms with Gasteiger partial charge < -0.3 is 45.2 Å². The number of esters is 1. The molecule has 45 heavy (non-hydrogen) atoms. The number of hydrogen-bond acceptors (Lipinski definition) is 10. The number of aliphatic hydroxyl groups is 7. The van der Waals surface area contributed by atoms with Crippen molar-refractivity contribution in [3.8, 4) is 0 Å². The third-order valence-corrected chi connectivity index (χ3v) is 14.8.